The molecule has 0 atom stereocenters. The molecule has 0 fully saturated rings. The van der Waals surface area contributed by atoms with E-state index in [1.165, 1.54) is 17.3 Å². The summed E-state index contributed by atoms with van der Waals surface area (Å²) in [6.07, 6.45) is 1.66. The van der Waals surface area contributed by atoms with E-state index in [2.05, 4.69) is 17.4 Å². The highest BCUT2D eigenvalue weighted by atomic mass is 32.2. The van der Waals surface area contributed by atoms with Gasteiger partial charge in [-0.15, -0.1) is 11.8 Å². The van der Waals surface area contributed by atoms with Gasteiger partial charge < -0.3 is 14.8 Å². The minimum absolute atomic E-state index is 0.159. The molecule has 0 radical (unpaired) electrons. The number of aryl methyl sites for hydroxylation is 1. The maximum Gasteiger partial charge on any atom is 0.315 e. The molecule has 0 saturated heterocycles. The van der Waals surface area contributed by atoms with E-state index in [1.54, 1.807) is 12.1 Å². The number of hydrogen-bond donors (Lipinski definition) is 1. The van der Waals surface area contributed by atoms with Crippen LogP contribution in [0.25, 0.3) is 0 Å². The van der Waals surface area contributed by atoms with Crippen LogP contribution >= 0.6 is 11.8 Å². The molecule has 0 unspecified atom stereocenters. The number of rotatable bonds is 11. The van der Waals surface area contributed by atoms with Gasteiger partial charge in [-0.25, -0.2) is 0 Å². The highest BCUT2D eigenvalue weighted by molar-refractivity contribution is 8.00. The first-order chi connectivity index (χ1) is 13.2. The number of hydrogen-bond acceptors (Lipinski definition) is 5. The molecule has 2 rings (SSSR count). The van der Waals surface area contributed by atoms with E-state index in [9.17, 15) is 9.59 Å². The van der Waals surface area contributed by atoms with Crippen LogP contribution < -0.4 is 10.1 Å². The molecule has 0 aliphatic heterocycles. The molecule has 5 nitrogen and oxygen atoms in total. The van der Waals surface area contributed by atoms with Crippen LogP contribution in [0.5, 0.6) is 5.75 Å². The zero-order chi connectivity index (χ0) is 19.3. The van der Waals surface area contributed by atoms with Gasteiger partial charge in [-0.2, -0.15) is 0 Å². The standard InChI is InChI=1S/C21H25NO4S/c1-2-25-19-13-7-6-12-18(19)22-20(23)15-27-16-21(24)26-14-8-11-17-9-4-3-5-10-17/h3-7,9-10,12-13H,2,8,11,14-16H2,1H3,(H,22,23). The van der Waals surface area contributed by atoms with Crippen molar-refractivity contribution in [2.45, 2.75) is 19.8 Å². The van der Waals surface area contributed by atoms with Crippen LogP contribution in [0.3, 0.4) is 0 Å². The fourth-order valence-corrected chi connectivity index (χ4v) is 3.02. The molecule has 0 aliphatic carbocycles. The molecule has 1 N–H and O–H groups in total. The summed E-state index contributed by atoms with van der Waals surface area (Å²) in [7, 11) is 0. The van der Waals surface area contributed by atoms with E-state index in [1.807, 2.05) is 37.3 Å². The molecular weight excluding hydrogens is 362 g/mol. The Kier molecular flexibility index (Phi) is 9.27. The molecule has 0 heterocycles. The summed E-state index contributed by atoms with van der Waals surface area (Å²) >= 11 is 1.23. The average Bonchev–Trinajstić information content (AvgIpc) is 2.68. The van der Waals surface area contributed by atoms with Gasteiger partial charge in [0.15, 0.2) is 0 Å². The summed E-state index contributed by atoms with van der Waals surface area (Å²) in [5.74, 6) is 0.501. The summed E-state index contributed by atoms with van der Waals surface area (Å²) in [5, 5.41) is 2.80. The predicted molar refractivity (Wildman–Crippen MR) is 109 cm³/mol. The van der Waals surface area contributed by atoms with Crippen LogP contribution in [-0.4, -0.2) is 36.6 Å². The third kappa shape index (κ3) is 8.17. The first-order valence-electron chi connectivity index (χ1n) is 8.98. The molecule has 27 heavy (non-hydrogen) atoms. The number of esters is 1. The highest BCUT2D eigenvalue weighted by Gasteiger charge is 2.09. The second-order valence-electron chi connectivity index (χ2n) is 5.78. The maximum atomic E-state index is 12.0. The Hall–Kier alpha value is -2.47. The van der Waals surface area contributed by atoms with Crippen LogP contribution in [0.1, 0.15) is 18.9 Å². The summed E-state index contributed by atoms with van der Waals surface area (Å²) < 4.78 is 10.7. The molecule has 0 spiro atoms. The van der Waals surface area contributed by atoms with Gasteiger partial charge in [-0.1, -0.05) is 42.5 Å². The van der Waals surface area contributed by atoms with Crippen LogP contribution in [-0.2, 0) is 20.7 Å². The Morgan fingerprint density at radius 1 is 1.00 bits per heavy atom. The molecule has 0 aromatic heterocycles. The second kappa shape index (κ2) is 12.0. The molecule has 2 aromatic rings. The van der Waals surface area contributed by atoms with Gasteiger partial charge in [0, 0.05) is 0 Å². The SMILES string of the molecule is CCOc1ccccc1NC(=O)CSCC(=O)OCCCc1ccccc1. The number of para-hydroxylation sites is 2. The quantitative estimate of drug-likeness (QED) is 0.467. The fourth-order valence-electron chi connectivity index (χ4n) is 2.41. The normalized spacial score (nSPS) is 10.3. The molecular formula is C21H25NO4S. The van der Waals surface area contributed by atoms with Crippen LogP contribution in [0, 0.1) is 0 Å². The summed E-state index contributed by atoms with van der Waals surface area (Å²) in [5.41, 5.74) is 1.86. The number of benzene rings is 2. The molecule has 0 aliphatic rings. The third-order valence-electron chi connectivity index (χ3n) is 3.63. The van der Waals surface area contributed by atoms with E-state index < -0.39 is 0 Å². The van der Waals surface area contributed by atoms with Gasteiger partial charge in [-0.05, 0) is 37.5 Å². The monoisotopic (exact) mass is 387 g/mol. The molecule has 6 heteroatoms. The van der Waals surface area contributed by atoms with Crippen LogP contribution in [0.4, 0.5) is 5.69 Å². The lowest BCUT2D eigenvalue weighted by Gasteiger charge is -2.11. The zero-order valence-electron chi connectivity index (χ0n) is 15.5. The van der Waals surface area contributed by atoms with E-state index in [0.717, 1.165) is 12.8 Å². The van der Waals surface area contributed by atoms with E-state index in [-0.39, 0.29) is 23.4 Å². The van der Waals surface area contributed by atoms with E-state index >= 15 is 0 Å². The number of nitrogens with one attached hydrogen (secondary N) is 1. The van der Waals surface area contributed by atoms with E-state index in [0.29, 0.717) is 24.7 Å². The summed E-state index contributed by atoms with van der Waals surface area (Å²) in [6.45, 7) is 2.81. The largest absolute Gasteiger partial charge is 0.492 e. The van der Waals surface area contributed by atoms with Gasteiger partial charge in [0.2, 0.25) is 5.91 Å². The lowest BCUT2D eigenvalue weighted by atomic mass is 10.1. The van der Waals surface area contributed by atoms with Crippen molar-refractivity contribution in [2.24, 2.45) is 0 Å². The highest BCUT2D eigenvalue weighted by Crippen LogP contribution is 2.23. The zero-order valence-corrected chi connectivity index (χ0v) is 16.3. The van der Waals surface area contributed by atoms with Crippen molar-refractivity contribution in [1.82, 2.24) is 0 Å². The first kappa shape index (κ1) is 20.8. The van der Waals surface area contributed by atoms with Crippen LogP contribution in [0.2, 0.25) is 0 Å². The van der Waals surface area contributed by atoms with Crippen molar-refractivity contribution in [3.8, 4) is 5.75 Å². The van der Waals surface area contributed by atoms with Gasteiger partial charge >= 0.3 is 5.97 Å². The number of ether oxygens (including phenoxy) is 2. The minimum atomic E-state index is -0.296. The maximum absolute atomic E-state index is 12.0. The van der Waals surface area contributed by atoms with Gasteiger partial charge in [0.25, 0.3) is 0 Å². The molecule has 144 valence electrons. The van der Waals surface area contributed by atoms with Gasteiger partial charge in [-0.3, -0.25) is 9.59 Å². The second-order valence-corrected chi connectivity index (χ2v) is 6.77. The first-order valence-corrected chi connectivity index (χ1v) is 10.1. The van der Waals surface area contributed by atoms with Gasteiger partial charge in [0.05, 0.1) is 30.4 Å². The van der Waals surface area contributed by atoms with Crippen molar-refractivity contribution in [3.05, 3.63) is 60.2 Å². The molecule has 1 amide bonds. The summed E-state index contributed by atoms with van der Waals surface area (Å²) in [6, 6.07) is 17.4. The van der Waals surface area contributed by atoms with Crippen LogP contribution in [0.15, 0.2) is 54.6 Å². The molecule has 0 saturated carbocycles. The number of anilines is 1. The lowest BCUT2D eigenvalue weighted by molar-refractivity contribution is -0.140. The van der Waals surface area contributed by atoms with Crippen molar-refractivity contribution in [2.75, 3.05) is 30.0 Å². The predicted octanol–water partition coefficient (Wildman–Crippen LogP) is 3.93. The summed E-state index contributed by atoms with van der Waals surface area (Å²) in [4.78, 5) is 23.8. The fraction of sp³-hybridized carbons (Fsp3) is 0.333. The number of thioether (sulfide) groups is 1. The Labute approximate surface area is 164 Å². The topological polar surface area (TPSA) is 64.6 Å². The Morgan fingerprint density at radius 3 is 2.52 bits per heavy atom. The number of carbonyl (C=O) groups is 2. The minimum Gasteiger partial charge on any atom is -0.492 e. The van der Waals surface area contributed by atoms with E-state index in [4.69, 9.17) is 9.47 Å². The Bertz CT molecular complexity index is 721. The Balaban J connectivity index is 1.60. The average molecular weight is 388 g/mol. The number of amides is 1. The third-order valence-corrected chi connectivity index (χ3v) is 4.54. The van der Waals surface area contributed by atoms with Crippen molar-refractivity contribution in [1.29, 1.82) is 0 Å². The smallest absolute Gasteiger partial charge is 0.315 e. The van der Waals surface area contributed by atoms with Crippen molar-refractivity contribution in [3.63, 3.8) is 0 Å². The van der Waals surface area contributed by atoms with Crippen molar-refractivity contribution >= 4 is 29.3 Å². The number of carbonyl (C=O) groups excluding carboxylic acids is 2. The molecule has 0 bridgehead atoms. The van der Waals surface area contributed by atoms with Crippen molar-refractivity contribution < 1.29 is 19.1 Å². The Morgan fingerprint density at radius 2 is 1.74 bits per heavy atom. The van der Waals surface area contributed by atoms with Gasteiger partial charge in [0.1, 0.15) is 5.75 Å². The molecule has 2 aromatic carbocycles. The lowest BCUT2D eigenvalue weighted by Crippen LogP contribution is -2.17.